The summed E-state index contributed by atoms with van der Waals surface area (Å²) >= 11 is 4.93. The summed E-state index contributed by atoms with van der Waals surface area (Å²) in [5.74, 6) is 0.654. The van der Waals surface area contributed by atoms with E-state index in [1.807, 2.05) is 20.8 Å². The minimum Gasteiger partial charge on any atom is -0.444 e. The number of carbonyl (C=O) groups is 1. The Bertz CT molecular complexity index is 282. The number of thiocarbonyl (C=S) groups is 1. The van der Waals surface area contributed by atoms with E-state index in [1.165, 1.54) is 12.8 Å². The minimum absolute atomic E-state index is 0.239. The Morgan fingerprint density at radius 1 is 1.56 bits per heavy atom. The second-order valence-corrected chi connectivity index (χ2v) is 5.75. The first kappa shape index (κ1) is 13.2. The van der Waals surface area contributed by atoms with E-state index in [9.17, 15) is 4.79 Å². The molecule has 0 aliphatic heterocycles. The number of nitrogens with one attached hydrogen (secondary N) is 1. The van der Waals surface area contributed by atoms with Gasteiger partial charge in [0.05, 0.1) is 11.0 Å². The van der Waals surface area contributed by atoms with Crippen LogP contribution in [0, 0.1) is 5.92 Å². The highest BCUT2D eigenvalue weighted by atomic mass is 32.1. The fourth-order valence-electron chi connectivity index (χ4n) is 1.38. The SMILES string of the molecule is CC(C)(C)OC(=O)N[C@@H](CC1CC1)C(N)=S. The molecular formula is C11H20N2O2S. The lowest BCUT2D eigenvalue weighted by atomic mass is 10.1. The number of alkyl carbamates (subject to hydrolysis) is 1. The van der Waals surface area contributed by atoms with E-state index >= 15 is 0 Å². The number of rotatable bonds is 4. The van der Waals surface area contributed by atoms with Gasteiger partial charge in [-0.15, -0.1) is 0 Å². The van der Waals surface area contributed by atoms with Gasteiger partial charge in [-0.25, -0.2) is 4.79 Å². The monoisotopic (exact) mass is 244 g/mol. The molecule has 1 amide bonds. The maximum Gasteiger partial charge on any atom is 0.408 e. The molecular weight excluding hydrogens is 224 g/mol. The molecule has 0 saturated heterocycles. The topological polar surface area (TPSA) is 64.3 Å². The quantitative estimate of drug-likeness (QED) is 0.742. The maximum atomic E-state index is 11.5. The predicted octanol–water partition coefficient (Wildman–Crippen LogP) is 1.97. The van der Waals surface area contributed by atoms with Gasteiger partial charge in [-0.3, -0.25) is 0 Å². The predicted molar refractivity (Wildman–Crippen MR) is 67.3 cm³/mol. The van der Waals surface area contributed by atoms with Gasteiger partial charge >= 0.3 is 6.09 Å². The van der Waals surface area contributed by atoms with Crippen molar-refractivity contribution >= 4 is 23.3 Å². The second kappa shape index (κ2) is 4.99. The highest BCUT2D eigenvalue weighted by Crippen LogP contribution is 2.33. The van der Waals surface area contributed by atoms with Crippen molar-refractivity contribution < 1.29 is 9.53 Å². The van der Waals surface area contributed by atoms with Crippen LogP contribution in [0.1, 0.15) is 40.0 Å². The maximum absolute atomic E-state index is 11.5. The van der Waals surface area contributed by atoms with E-state index in [1.54, 1.807) is 0 Å². The fourth-order valence-corrected chi connectivity index (χ4v) is 1.54. The van der Waals surface area contributed by atoms with Crippen molar-refractivity contribution in [1.82, 2.24) is 5.32 Å². The Labute approximate surface area is 102 Å². The number of nitrogens with two attached hydrogens (primary N) is 1. The van der Waals surface area contributed by atoms with Gasteiger partial charge in [0.1, 0.15) is 5.60 Å². The summed E-state index contributed by atoms with van der Waals surface area (Å²) < 4.78 is 5.16. The Hall–Kier alpha value is -0.840. The Kier molecular flexibility index (Phi) is 4.13. The molecule has 0 aromatic heterocycles. The van der Waals surface area contributed by atoms with Crippen molar-refractivity contribution in [2.75, 3.05) is 0 Å². The van der Waals surface area contributed by atoms with Crippen LogP contribution < -0.4 is 11.1 Å². The largest absolute Gasteiger partial charge is 0.444 e. The molecule has 16 heavy (non-hydrogen) atoms. The molecule has 0 radical (unpaired) electrons. The average molecular weight is 244 g/mol. The van der Waals surface area contributed by atoms with Crippen LogP contribution in [-0.4, -0.2) is 22.7 Å². The van der Waals surface area contributed by atoms with Gasteiger partial charge in [-0.1, -0.05) is 25.1 Å². The normalized spacial score (nSPS) is 17.7. The number of carbonyl (C=O) groups excluding carboxylic acids is 1. The molecule has 3 N–H and O–H groups in total. The lowest BCUT2D eigenvalue weighted by Gasteiger charge is -2.23. The molecule has 1 atom stereocenters. The molecule has 92 valence electrons. The molecule has 1 fully saturated rings. The standard InChI is InChI=1S/C11H20N2O2S/c1-11(2,3)15-10(14)13-8(9(12)16)6-7-4-5-7/h7-8H,4-6H2,1-3H3,(H2,12,16)(H,13,14)/t8-/m0/s1. The molecule has 0 heterocycles. The summed E-state index contributed by atoms with van der Waals surface area (Å²) in [6.07, 6.45) is 2.78. The highest BCUT2D eigenvalue weighted by molar-refractivity contribution is 7.80. The van der Waals surface area contributed by atoms with Gasteiger partial charge < -0.3 is 15.8 Å². The third-order valence-corrected chi connectivity index (χ3v) is 2.58. The van der Waals surface area contributed by atoms with E-state index in [-0.39, 0.29) is 6.04 Å². The molecule has 4 nitrogen and oxygen atoms in total. The molecule has 1 aliphatic carbocycles. The summed E-state index contributed by atoms with van der Waals surface area (Å²) in [4.78, 5) is 11.9. The number of amides is 1. The van der Waals surface area contributed by atoms with Crippen molar-refractivity contribution in [3.63, 3.8) is 0 Å². The Morgan fingerprint density at radius 3 is 2.50 bits per heavy atom. The molecule has 1 rings (SSSR count). The van der Waals surface area contributed by atoms with Gasteiger partial charge in [0.25, 0.3) is 0 Å². The van der Waals surface area contributed by atoms with Crippen LogP contribution in [0.25, 0.3) is 0 Å². The van der Waals surface area contributed by atoms with Crippen LogP contribution in [-0.2, 0) is 4.74 Å². The van der Waals surface area contributed by atoms with E-state index in [0.717, 1.165) is 6.42 Å². The zero-order chi connectivity index (χ0) is 12.3. The van der Waals surface area contributed by atoms with Crippen molar-refractivity contribution in [3.8, 4) is 0 Å². The molecule has 0 spiro atoms. The highest BCUT2D eigenvalue weighted by Gasteiger charge is 2.28. The van der Waals surface area contributed by atoms with Gasteiger partial charge in [0, 0.05) is 0 Å². The van der Waals surface area contributed by atoms with E-state index in [2.05, 4.69) is 5.32 Å². The summed E-state index contributed by atoms with van der Waals surface area (Å²) in [5.41, 5.74) is 5.09. The zero-order valence-corrected chi connectivity index (χ0v) is 10.9. The molecule has 1 saturated carbocycles. The average Bonchev–Trinajstić information content (AvgIpc) is 2.82. The van der Waals surface area contributed by atoms with Crippen LogP contribution >= 0.6 is 12.2 Å². The minimum atomic E-state index is -0.496. The van der Waals surface area contributed by atoms with Crippen molar-refractivity contribution in [3.05, 3.63) is 0 Å². The molecule has 0 unspecified atom stereocenters. The fraction of sp³-hybridized carbons (Fsp3) is 0.818. The Morgan fingerprint density at radius 2 is 2.12 bits per heavy atom. The first-order valence-electron chi connectivity index (χ1n) is 5.57. The Balaban J connectivity index is 2.41. The van der Waals surface area contributed by atoms with Gasteiger partial charge in [-0.05, 0) is 33.1 Å². The molecule has 0 bridgehead atoms. The zero-order valence-electron chi connectivity index (χ0n) is 10.1. The summed E-state index contributed by atoms with van der Waals surface area (Å²) in [6.45, 7) is 5.47. The van der Waals surface area contributed by atoms with Crippen LogP contribution in [0.15, 0.2) is 0 Å². The number of ether oxygens (including phenoxy) is 1. The number of hydrogen-bond acceptors (Lipinski definition) is 3. The van der Waals surface area contributed by atoms with E-state index < -0.39 is 11.7 Å². The van der Waals surface area contributed by atoms with Gasteiger partial charge in [0.15, 0.2) is 0 Å². The number of hydrogen-bond donors (Lipinski definition) is 2. The van der Waals surface area contributed by atoms with Crippen LogP contribution in [0.4, 0.5) is 4.79 Å². The molecule has 0 aromatic rings. The van der Waals surface area contributed by atoms with Crippen LogP contribution in [0.3, 0.4) is 0 Å². The van der Waals surface area contributed by atoms with Crippen LogP contribution in [0.2, 0.25) is 0 Å². The van der Waals surface area contributed by atoms with Crippen molar-refractivity contribution in [2.24, 2.45) is 11.7 Å². The molecule has 1 aliphatic rings. The molecule has 5 heteroatoms. The van der Waals surface area contributed by atoms with Crippen LogP contribution in [0.5, 0.6) is 0 Å². The summed E-state index contributed by atoms with van der Waals surface area (Å²) in [5, 5.41) is 2.72. The van der Waals surface area contributed by atoms with Crippen molar-refractivity contribution in [2.45, 2.75) is 51.7 Å². The van der Waals surface area contributed by atoms with Gasteiger partial charge in [0.2, 0.25) is 0 Å². The first-order valence-corrected chi connectivity index (χ1v) is 5.97. The van der Waals surface area contributed by atoms with Gasteiger partial charge in [-0.2, -0.15) is 0 Å². The van der Waals surface area contributed by atoms with E-state index in [4.69, 9.17) is 22.7 Å². The lowest BCUT2D eigenvalue weighted by Crippen LogP contribution is -2.45. The smallest absolute Gasteiger partial charge is 0.408 e. The first-order chi connectivity index (χ1) is 7.28. The summed E-state index contributed by atoms with van der Waals surface area (Å²) in [6, 6.07) is -0.239. The third kappa shape index (κ3) is 5.30. The lowest BCUT2D eigenvalue weighted by molar-refractivity contribution is 0.0515. The van der Waals surface area contributed by atoms with Crippen molar-refractivity contribution in [1.29, 1.82) is 0 Å². The second-order valence-electron chi connectivity index (χ2n) is 5.28. The summed E-state index contributed by atoms with van der Waals surface area (Å²) in [7, 11) is 0. The third-order valence-electron chi connectivity index (χ3n) is 2.30. The molecule has 0 aromatic carbocycles. The van der Waals surface area contributed by atoms with E-state index in [0.29, 0.717) is 10.9 Å².